The van der Waals surface area contributed by atoms with Crippen molar-refractivity contribution >= 4 is 17.7 Å². The lowest BCUT2D eigenvalue weighted by Crippen LogP contribution is -2.39. The van der Waals surface area contributed by atoms with Gasteiger partial charge < -0.3 is 15.5 Å². The number of carbonyl (C=O) groups is 1. The molecule has 1 aliphatic carbocycles. The Balaban J connectivity index is 1.38. The van der Waals surface area contributed by atoms with Crippen LogP contribution in [0.4, 0.5) is 0 Å². The zero-order valence-electron chi connectivity index (χ0n) is 15.8. The summed E-state index contributed by atoms with van der Waals surface area (Å²) in [5.41, 5.74) is 2.25. The lowest BCUT2D eigenvalue weighted by atomic mass is 9.97. The molecule has 1 atom stereocenters. The molecule has 142 valence electrons. The van der Waals surface area contributed by atoms with E-state index in [-0.39, 0.29) is 5.91 Å². The van der Waals surface area contributed by atoms with Gasteiger partial charge in [0.25, 0.3) is 5.91 Å². The molecule has 1 heterocycles. The number of benzene rings is 1. The molecule has 26 heavy (non-hydrogen) atoms. The fourth-order valence-corrected chi connectivity index (χ4v) is 4.92. The minimum atomic E-state index is 0.0357. The second-order valence-electron chi connectivity index (χ2n) is 7.13. The van der Waals surface area contributed by atoms with Gasteiger partial charge in [0.15, 0.2) is 0 Å². The molecule has 2 N–H and O–H groups in total. The van der Waals surface area contributed by atoms with E-state index in [0.717, 1.165) is 37.4 Å². The highest BCUT2D eigenvalue weighted by Crippen LogP contribution is 2.37. The van der Waals surface area contributed by atoms with Gasteiger partial charge in [-0.3, -0.25) is 4.79 Å². The van der Waals surface area contributed by atoms with Crippen molar-refractivity contribution < 1.29 is 4.79 Å². The molecule has 1 amide bonds. The molecule has 0 spiro atoms. The Morgan fingerprint density at radius 3 is 2.92 bits per heavy atom. The van der Waals surface area contributed by atoms with E-state index in [2.05, 4.69) is 22.5 Å². The van der Waals surface area contributed by atoms with Gasteiger partial charge in [0.05, 0.1) is 5.88 Å². The summed E-state index contributed by atoms with van der Waals surface area (Å²) in [6.07, 6.45) is 7.09. The third kappa shape index (κ3) is 5.27. The average Bonchev–Trinajstić information content (AvgIpc) is 3.15. The third-order valence-electron chi connectivity index (χ3n) is 5.24. The summed E-state index contributed by atoms with van der Waals surface area (Å²) in [6.45, 7) is 5.35. The molecule has 5 heteroatoms. The van der Waals surface area contributed by atoms with Gasteiger partial charge in [-0.15, -0.1) is 11.8 Å². The van der Waals surface area contributed by atoms with Crippen molar-refractivity contribution in [1.82, 2.24) is 15.5 Å². The van der Waals surface area contributed by atoms with Gasteiger partial charge in [-0.2, -0.15) is 0 Å². The molecule has 3 rings (SSSR count). The molecule has 2 aliphatic rings. The minimum Gasteiger partial charge on any atom is -0.378 e. The number of hydrogen-bond donors (Lipinski definition) is 2. The van der Waals surface area contributed by atoms with Gasteiger partial charge in [-0.05, 0) is 63.7 Å². The molecule has 1 unspecified atom stereocenters. The van der Waals surface area contributed by atoms with Gasteiger partial charge in [0, 0.05) is 28.8 Å². The number of unbranched alkanes of at least 4 members (excludes halogenated alkanes) is 1. The summed E-state index contributed by atoms with van der Waals surface area (Å²) < 4.78 is 0. The van der Waals surface area contributed by atoms with Crippen molar-refractivity contribution in [2.75, 3.05) is 25.5 Å². The predicted octanol–water partition coefficient (Wildman–Crippen LogP) is 3.97. The molecular formula is C21H31N3OS. The molecule has 0 fully saturated rings. The number of nitrogens with zero attached hydrogens (tertiary/aromatic N) is 1. The maximum Gasteiger partial charge on any atom is 0.251 e. The van der Waals surface area contributed by atoms with Gasteiger partial charge >= 0.3 is 0 Å². The van der Waals surface area contributed by atoms with Crippen LogP contribution >= 0.6 is 11.8 Å². The standard InChI is InChI=1S/C21H31N3OS/c1-2-13-24(18-10-11-19-20(15-18)26-16-23-19)14-7-6-12-22-21(25)17-8-4-3-5-9-17/h3-5,8-9,18,23H,2,6-7,10-16H2,1H3,(H,22,25). The third-order valence-corrected chi connectivity index (χ3v) is 6.29. The number of amides is 1. The Labute approximate surface area is 161 Å². The molecule has 0 bridgehead atoms. The zero-order chi connectivity index (χ0) is 18.2. The first-order chi connectivity index (χ1) is 12.8. The first-order valence-corrected chi connectivity index (χ1v) is 10.9. The highest BCUT2D eigenvalue weighted by atomic mass is 32.2. The number of thioether (sulfide) groups is 1. The topological polar surface area (TPSA) is 44.4 Å². The second kappa shape index (κ2) is 10.0. The van der Waals surface area contributed by atoms with Crippen LogP contribution in [0.1, 0.15) is 55.8 Å². The smallest absolute Gasteiger partial charge is 0.251 e. The Morgan fingerprint density at radius 1 is 1.27 bits per heavy atom. The van der Waals surface area contributed by atoms with Crippen LogP contribution in [0.5, 0.6) is 0 Å². The van der Waals surface area contributed by atoms with E-state index in [4.69, 9.17) is 0 Å². The van der Waals surface area contributed by atoms with Crippen LogP contribution in [0, 0.1) is 0 Å². The van der Waals surface area contributed by atoms with E-state index in [1.54, 1.807) is 4.91 Å². The molecule has 0 saturated carbocycles. The lowest BCUT2D eigenvalue weighted by Gasteiger charge is -2.34. The summed E-state index contributed by atoms with van der Waals surface area (Å²) in [5.74, 6) is 1.10. The summed E-state index contributed by atoms with van der Waals surface area (Å²) in [4.78, 5) is 16.3. The van der Waals surface area contributed by atoms with Gasteiger partial charge in [-0.1, -0.05) is 25.1 Å². The number of nitrogens with one attached hydrogen (secondary N) is 2. The van der Waals surface area contributed by atoms with Crippen LogP contribution in [-0.4, -0.2) is 42.4 Å². The SMILES string of the molecule is CCCN(CCCCNC(=O)c1ccccc1)C1CCC2=C(C1)SCN2. The first kappa shape index (κ1) is 19.3. The van der Waals surface area contributed by atoms with Crippen LogP contribution in [-0.2, 0) is 0 Å². The van der Waals surface area contributed by atoms with E-state index >= 15 is 0 Å². The maximum atomic E-state index is 12.1. The predicted molar refractivity (Wildman–Crippen MR) is 110 cm³/mol. The second-order valence-corrected chi connectivity index (χ2v) is 8.20. The normalized spacial score (nSPS) is 19.4. The van der Waals surface area contributed by atoms with E-state index in [9.17, 15) is 4.79 Å². The maximum absolute atomic E-state index is 12.1. The Kier molecular flexibility index (Phi) is 7.44. The van der Waals surface area contributed by atoms with E-state index in [1.807, 2.05) is 42.1 Å². The van der Waals surface area contributed by atoms with Crippen LogP contribution in [0.25, 0.3) is 0 Å². The highest BCUT2D eigenvalue weighted by molar-refractivity contribution is 8.03. The highest BCUT2D eigenvalue weighted by Gasteiger charge is 2.27. The average molecular weight is 374 g/mol. The van der Waals surface area contributed by atoms with E-state index in [1.165, 1.54) is 37.9 Å². The summed E-state index contributed by atoms with van der Waals surface area (Å²) in [6, 6.07) is 10.2. The van der Waals surface area contributed by atoms with Gasteiger partial charge in [0.2, 0.25) is 0 Å². The number of allylic oxidation sites excluding steroid dienone is 1. The molecule has 0 aromatic heterocycles. The number of hydrogen-bond acceptors (Lipinski definition) is 4. The van der Waals surface area contributed by atoms with E-state index in [0.29, 0.717) is 6.04 Å². The van der Waals surface area contributed by atoms with Crippen molar-refractivity contribution in [3.05, 3.63) is 46.5 Å². The molecule has 0 saturated heterocycles. The fourth-order valence-electron chi connectivity index (χ4n) is 3.84. The quantitative estimate of drug-likeness (QED) is 0.643. The Morgan fingerprint density at radius 2 is 2.12 bits per heavy atom. The van der Waals surface area contributed by atoms with Gasteiger partial charge in [0.1, 0.15) is 0 Å². The summed E-state index contributed by atoms with van der Waals surface area (Å²) >= 11 is 1.99. The van der Waals surface area contributed by atoms with Crippen LogP contribution in [0.15, 0.2) is 40.9 Å². The van der Waals surface area contributed by atoms with Crippen molar-refractivity contribution in [3.8, 4) is 0 Å². The van der Waals surface area contributed by atoms with Crippen molar-refractivity contribution in [1.29, 1.82) is 0 Å². The summed E-state index contributed by atoms with van der Waals surface area (Å²) in [7, 11) is 0. The van der Waals surface area contributed by atoms with Crippen LogP contribution < -0.4 is 10.6 Å². The van der Waals surface area contributed by atoms with Crippen molar-refractivity contribution in [2.45, 2.75) is 51.5 Å². The number of carbonyl (C=O) groups excluding carboxylic acids is 1. The van der Waals surface area contributed by atoms with E-state index < -0.39 is 0 Å². The fraction of sp³-hybridized carbons (Fsp3) is 0.571. The minimum absolute atomic E-state index is 0.0357. The van der Waals surface area contributed by atoms with Crippen molar-refractivity contribution in [2.24, 2.45) is 0 Å². The molecule has 1 aliphatic heterocycles. The largest absolute Gasteiger partial charge is 0.378 e. The molecule has 4 nitrogen and oxygen atoms in total. The van der Waals surface area contributed by atoms with Crippen LogP contribution in [0.3, 0.4) is 0 Å². The molecular weight excluding hydrogens is 342 g/mol. The van der Waals surface area contributed by atoms with Gasteiger partial charge in [-0.25, -0.2) is 0 Å². The van der Waals surface area contributed by atoms with Crippen molar-refractivity contribution in [3.63, 3.8) is 0 Å². The number of rotatable bonds is 9. The first-order valence-electron chi connectivity index (χ1n) is 9.94. The Bertz CT molecular complexity index is 617. The molecule has 0 radical (unpaired) electrons. The monoisotopic (exact) mass is 373 g/mol. The van der Waals surface area contributed by atoms with Crippen LogP contribution in [0.2, 0.25) is 0 Å². The summed E-state index contributed by atoms with van der Waals surface area (Å²) in [5, 5.41) is 6.56. The molecule has 1 aromatic carbocycles. The lowest BCUT2D eigenvalue weighted by molar-refractivity contribution is 0.0952. The Hall–Kier alpha value is -1.46. The molecule has 1 aromatic rings. The zero-order valence-corrected chi connectivity index (χ0v) is 16.6.